The maximum absolute atomic E-state index is 13.5. The molecule has 2 aliphatic heterocycles. The third-order valence-corrected chi connectivity index (χ3v) is 4.51. The van der Waals surface area contributed by atoms with E-state index in [0.29, 0.717) is 54.4 Å². The maximum Gasteiger partial charge on any atom is 0.261 e. The molecule has 1 atom stereocenters. The number of hydrogen-bond donors (Lipinski definition) is 0. The van der Waals surface area contributed by atoms with E-state index in [1.165, 1.54) is 0 Å². The lowest BCUT2D eigenvalue weighted by Gasteiger charge is -2.30. The molecule has 146 valence electrons. The predicted octanol–water partition coefficient (Wildman–Crippen LogP) is 3.77. The summed E-state index contributed by atoms with van der Waals surface area (Å²) in [5, 5.41) is 0. The van der Waals surface area contributed by atoms with Crippen LogP contribution in [0.1, 0.15) is 58.5 Å². The summed E-state index contributed by atoms with van der Waals surface area (Å²) in [4.78, 5) is 22.9. The molecular weight excluding hydrogens is 342 g/mol. The molecule has 0 amide bonds. The van der Waals surface area contributed by atoms with E-state index in [4.69, 9.17) is 19.5 Å². The highest BCUT2D eigenvalue weighted by atomic mass is 16.5. The van der Waals surface area contributed by atoms with Gasteiger partial charge in [0.05, 0.1) is 12.2 Å². The Bertz CT molecular complexity index is 847. The van der Waals surface area contributed by atoms with Gasteiger partial charge in [-0.1, -0.05) is 45.9 Å². The third-order valence-electron chi connectivity index (χ3n) is 4.51. The van der Waals surface area contributed by atoms with Crippen LogP contribution in [-0.4, -0.2) is 28.7 Å². The lowest BCUT2D eigenvalue weighted by Crippen LogP contribution is -2.39. The van der Waals surface area contributed by atoms with E-state index in [-0.39, 0.29) is 17.5 Å². The van der Waals surface area contributed by atoms with Crippen LogP contribution in [0.5, 0.6) is 5.88 Å². The Morgan fingerprint density at radius 2 is 2.11 bits per heavy atom. The van der Waals surface area contributed by atoms with Gasteiger partial charge in [0.15, 0.2) is 5.82 Å². The molecule has 1 aromatic rings. The van der Waals surface area contributed by atoms with Crippen LogP contribution in [-0.2, 0) is 11.2 Å². The van der Waals surface area contributed by atoms with E-state index in [1.807, 2.05) is 25.2 Å². The number of ether oxygens (including phenoxy) is 2. The second-order valence-electron chi connectivity index (χ2n) is 7.71. The zero-order valence-corrected chi connectivity index (χ0v) is 16.9. The molecule has 0 bridgehead atoms. The van der Waals surface area contributed by atoms with Crippen LogP contribution in [0.3, 0.4) is 0 Å². The molecule has 6 heteroatoms. The Labute approximate surface area is 160 Å². The van der Waals surface area contributed by atoms with E-state index in [2.05, 4.69) is 27.7 Å². The summed E-state index contributed by atoms with van der Waals surface area (Å²) in [6.45, 7) is 11.3. The monoisotopic (exact) mass is 371 g/mol. The fourth-order valence-electron chi connectivity index (χ4n) is 3.42. The van der Waals surface area contributed by atoms with Gasteiger partial charge in [-0.05, 0) is 25.2 Å². The standard InChI is InChI=1S/C21H29N3O3/c1-6-26-20-17(12-14(4)5)24-18(16(22-20)11-13(2)3)23-19-15(21(24)25)9-7-8-10-27-19/h7-8,11,13-14,17H,6,9-10,12H2,1-5H3/b16-11-. The zero-order chi connectivity index (χ0) is 19.6. The van der Waals surface area contributed by atoms with Crippen molar-refractivity contribution in [2.75, 3.05) is 13.2 Å². The normalized spacial score (nSPS) is 20.2. The Morgan fingerprint density at radius 1 is 1.33 bits per heavy atom. The molecule has 2 aliphatic rings. The Morgan fingerprint density at radius 3 is 2.78 bits per heavy atom. The number of hydrogen-bond acceptors (Lipinski definition) is 5. The first-order chi connectivity index (χ1) is 12.9. The molecule has 0 saturated carbocycles. The van der Waals surface area contributed by atoms with Gasteiger partial charge in [0.2, 0.25) is 11.8 Å². The van der Waals surface area contributed by atoms with Gasteiger partial charge >= 0.3 is 0 Å². The molecule has 0 aliphatic carbocycles. The largest absolute Gasteiger partial charge is 0.480 e. The van der Waals surface area contributed by atoms with Gasteiger partial charge in [0.25, 0.3) is 5.56 Å². The van der Waals surface area contributed by atoms with E-state index >= 15 is 0 Å². The van der Waals surface area contributed by atoms with Crippen molar-refractivity contribution < 1.29 is 9.47 Å². The predicted molar refractivity (Wildman–Crippen MR) is 107 cm³/mol. The first-order valence-electron chi connectivity index (χ1n) is 9.79. The van der Waals surface area contributed by atoms with Crippen LogP contribution < -0.4 is 10.3 Å². The minimum Gasteiger partial charge on any atom is -0.480 e. The molecule has 3 heterocycles. The Kier molecular flexibility index (Phi) is 5.82. The van der Waals surface area contributed by atoms with Crippen molar-refractivity contribution in [2.45, 2.75) is 53.5 Å². The topological polar surface area (TPSA) is 65.7 Å². The molecule has 6 nitrogen and oxygen atoms in total. The quantitative estimate of drug-likeness (QED) is 0.756. The van der Waals surface area contributed by atoms with E-state index in [0.717, 1.165) is 6.42 Å². The number of aliphatic imine (C=N–C) groups is 1. The summed E-state index contributed by atoms with van der Waals surface area (Å²) in [5.41, 5.74) is 1.21. The summed E-state index contributed by atoms with van der Waals surface area (Å²) < 4.78 is 13.4. The number of fused-ring (bicyclic) bond motifs is 2. The number of rotatable bonds is 4. The summed E-state index contributed by atoms with van der Waals surface area (Å²) in [5.74, 6) is 2.23. The third kappa shape index (κ3) is 3.99. The van der Waals surface area contributed by atoms with E-state index in [1.54, 1.807) is 4.57 Å². The van der Waals surface area contributed by atoms with Gasteiger partial charge in [0.1, 0.15) is 18.3 Å². The van der Waals surface area contributed by atoms with Gasteiger partial charge in [-0.3, -0.25) is 9.36 Å². The minimum atomic E-state index is -0.248. The van der Waals surface area contributed by atoms with Gasteiger partial charge in [-0.25, -0.2) is 4.99 Å². The number of allylic oxidation sites excluding steroid dienone is 2. The second kappa shape index (κ2) is 8.11. The highest BCUT2D eigenvalue weighted by molar-refractivity contribution is 5.89. The van der Waals surface area contributed by atoms with Crippen LogP contribution >= 0.6 is 0 Å². The smallest absolute Gasteiger partial charge is 0.261 e. The summed E-state index contributed by atoms with van der Waals surface area (Å²) >= 11 is 0. The van der Waals surface area contributed by atoms with Gasteiger partial charge in [-0.2, -0.15) is 4.98 Å². The van der Waals surface area contributed by atoms with Gasteiger partial charge < -0.3 is 9.47 Å². The lowest BCUT2D eigenvalue weighted by molar-refractivity contribution is 0.281. The first-order valence-corrected chi connectivity index (χ1v) is 9.79. The Hall–Kier alpha value is -2.37. The van der Waals surface area contributed by atoms with Gasteiger partial charge in [0, 0.05) is 6.42 Å². The van der Waals surface area contributed by atoms with Crippen LogP contribution in [0.4, 0.5) is 0 Å². The minimum absolute atomic E-state index is 0.0611. The fourth-order valence-corrected chi connectivity index (χ4v) is 3.42. The molecule has 3 rings (SSSR count). The highest BCUT2D eigenvalue weighted by Crippen LogP contribution is 2.32. The highest BCUT2D eigenvalue weighted by Gasteiger charge is 2.33. The molecule has 1 aromatic heterocycles. The SMILES string of the molecule is CCOC1=N/C(=C\C(C)C)c2nc3c(c(=O)n2C1CC(C)C)CC=CCO3. The summed E-state index contributed by atoms with van der Waals surface area (Å²) in [6, 6.07) is -0.248. The van der Waals surface area contributed by atoms with Crippen molar-refractivity contribution in [1.29, 1.82) is 0 Å². The first kappa shape index (κ1) is 19.4. The van der Waals surface area contributed by atoms with Crippen LogP contribution in [0.25, 0.3) is 5.70 Å². The molecule has 0 aromatic carbocycles. The fraction of sp³-hybridized carbons (Fsp3) is 0.571. The molecular formula is C21H29N3O3. The van der Waals surface area contributed by atoms with E-state index in [9.17, 15) is 4.79 Å². The van der Waals surface area contributed by atoms with Crippen LogP contribution in [0, 0.1) is 11.8 Å². The maximum atomic E-state index is 13.5. The van der Waals surface area contributed by atoms with Gasteiger partial charge in [-0.15, -0.1) is 0 Å². The van der Waals surface area contributed by atoms with Crippen LogP contribution in [0.15, 0.2) is 28.0 Å². The molecule has 0 N–H and O–H groups in total. The molecule has 0 saturated heterocycles. The van der Waals surface area contributed by atoms with Crippen LogP contribution in [0.2, 0.25) is 0 Å². The second-order valence-corrected chi connectivity index (χ2v) is 7.71. The molecule has 27 heavy (non-hydrogen) atoms. The lowest BCUT2D eigenvalue weighted by atomic mass is 10.0. The number of nitrogens with zero attached hydrogens (tertiary/aromatic N) is 3. The molecule has 0 radical (unpaired) electrons. The van der Waals surface area contributed by atoms with E-state index < -0.39 is 0 Å². The average molecular weight is 371 g/mol. The summed E-state index contributed by atoms with van der Waals surface area (Å²) in [7, 11) is 0. The van der Waals surface area contributed by atoms with Crippen molar-refractivity contribution in [2.24, 2.45) is 16.8 Å². The van der Waals surface area contributed by atoms with Crippen molar-refractivity contribution in [3.8, 4) is 5.88 Å². The molecule has 0 fully saturated rings. The average Bonchev–Trinajstić information content (AvgIpc) is 2.83. The zero-order valence-electron chi connectivity index (χ0n) is 16.9. The molecule has 0 spiro atoms. The molecule has 1 unspecified atom stereocenters. The summed E-state index contributed by atoms with van der Waals surface area (Å²) in [6.07, 6.45) is 7.19. The number of aromatic nitrogens is 2. The van der Waals surface area contributed by atoms with Crippen molar-refractivity contribution in [1.82, 2.24) is 9.55 Å². The van der Waals surface area contributed by atoms with Crippen molar-refractivity contribution in [3.05, 3.63) is 40.0 Å². The van der Waals surface area contributed by atoms with Crippen molar-refractivity contribution >= 4 is 11.6 Å². The van der Waals surface area contributed by atoms with Crippen molar-refractivity contribution in [3.63, 3.8) is 0 Å². The Balaban J connectivity index is 2.26.